The van der Waals surface area contributed by atoms with E-state index in [0.717, 1.165) is 27.7 Å². The molecule has 0 radical (unpaired) electrons. The summed E-state index contributed by atoms with van der Waals surface area (Å²) in [5.74, 6) is 0.785. The van der Waals surface area contributed by atoms with Crippen LogP contribution in [0.4, 0.5) is 0 Å². The van der Waals surface area contributed by atoms with Crippen LogP contribution in [-0.4, -0.2) is 39.2 Å². The van der Waals surface area contributed by atoms with Crippen molar-refractivity contribution in [2.75, 3.05) is 18.8 Å². The fourth-order valence-electron chi connectivity index (χ4n) is 4.45. The monoisotopic (exact) mass is 476 g/mol. The Labute approximate surface area is 205 Å². The number of benzene rings is 2. The van der Waals surface area contributed by atoms with Crippen LogP contribution in [0.3, 0.4) is 0 Å². The van der Waals surface area contributed by atoms with Crippen molar-refractivity contribution in [3.8, 4) is 0 Å². The summed E-state index contributed by atoms with van der Waals surface area (Å²) < 4.78 is 1.78. The first-order valence-corrected chi connectivity index (χ1v) is 12.9. The first-order chi connectivity index (χ1) is 16.5. The third kappa shape index (κ3) is 5.10. The minimum atomic E-state index is -0.307. The van der Waals surface area contributed by atoms with Crippen molar-refractivity contribution >= 4 is 17.7 Å². The topological polar surface area (TPSA) is 81.2 Å². The number of carbonyl (C=O) groups is 1. The predicted octanol–water partition coefficient (Wildman–Crippen LogP) is 4.19. The highest BCUT2D eigenvalue weighted by molar-refractivity contribution is 7.99. The van der Waals surface area contributed by atoms with Gasteiger partial charge in [-0.3, -0.25) is 14.2 Å². The maximum atomic E-state index is 13.7. The zero-order valence-electron chi connectivity index (χ0n) is 19.9. The summed E-state index contributed by atoms with van der Waals surface area (Å²) in [6.45, 7) is 5.73. The maximum Gasteiger partial charge on any atom is 0.258 e. The van der Waals surface area contributed by atoms with E-state index < -0.39 is 0 Å². The molecule has 1 aliphatic heterocycles. The Balaban J connectivity index is 1.81. The van der Waals surface area contributed by atoms with E-state index in [1.54, 1.807) is 16.3 Å². The van der Waals surface area contributed by atoms with E-state index in [9.17, 15) is 9.59 Å². The molecule has 1 atom stereocenters. The van der Waals surface area contributed by atoms with Crippen LogP contribution in [0.1, 0.15) is 58.5 Å². The minimum absolute atomic E-state index is 0.00821. The molecular weight excluding hydrogens is 444 g/mol. The lowest BCUT2D eigenvalue weighted by Crippen LogP contribution is -2.39. The Morgan fingerprint density at radius 3 is 2.59 bits per heavy atom. The Morgan fingerprint density at radius 1 is 1.18 bits per heavy atom. The SMILES string of the molecule is CCC(c1nc2n(c(=O)c1Cc1ccccc1)CCS2)N(CCCN)C(=O)c1ccc(C)cc1. The van der Waals surface area contributed by atoms with Crippen molar-refractivity contribution in [1.82, 2.24) is 14.5 Å². The number of thioether (sulfide) groups is 1. The number of nitrogens with zero attached hydrogens (tertiary/aromatic N) is 3. The number of amides is 1. The van der Waals surface area contributed by atoms with Gasteiger partial charge in [0.15, 0.2) is 5.16 Å². The lowest BCUT2D eigenvalue weighted by Gasteiger charge is -2.32. The molecule has 178 valence electrons. The molecule has 0 saturated carbocycles. The van der Waals surface area contributed by atoms with Gasteiger partial charge in [0, 0.05) is 36.4 Å². The van der Waals surface area contributed by atoms with Crippen LogP contribution in [0.5, 0.6) is 0 Å². The molecule has 0 saturated heterocycles. The van der Waals surface area contributed by atoms with E-state index in [1.807, 2.05) is 66.4 Å². The molecule has 7 heteroatoms. The van der Waals surface area contributed by atoms with Gasteiger partial charge in [0.25, 0.3) is 11.5 Å². The third-order valence-corrected chi connectivity index (χ3v) is 7.23. The third-order valence-electron chi connectivity index (χ3n) is 6.27. The highest BCUT2D eigenvalue weighted by Gasteiger charge is 2.31. The molecule has 1 unspecified atom stereocenters. The predicted molar refractivity (Wildman–Crippen MR) is 137 cm³/mol. The Hall–Kier alpha value is -2.90. The van der Waals surface area contributed by atoms with E-state index in [-0.39, 0.29) is 17.5 Å². The molecule has 0 aliphatic carbocycles. The first kappa shape index (κ1) is 24.2. The van der Waals surface area contributed by atoms with Crippen LogP contribution in [0.2, 0.25) is 0 Å². The summed E-state index contributed by atoms with van der Waals surface area (Å²) >= 11 is 1.60. The van der Waals surface area contributed by atoms with Gasteiger partial charge in [-0.15, -0.1) is 0 Å². The number of carbonyl (C=O) groups excluding carboxylic acids is 1. The number of hydrogen-bond acceptors (Lipinski definition) is 5. The second-order valence-corrected chi connectivity index (χ2v) is 9.72. The minimum Gasteiger partial charge on any atom is -0.330 e. The lowest BCUT2D eigenvalue weighted by atomic mass is 9.97. The molecule has 1 amide bonds. The van der Waals surface area contributed by atoms with E-state index in [4.69, 9.17) is 10.7 Å². The van der Waals surface area contributed by atoms with E-state index in [2.05, 4.69) is 6.92 Å². The summed E-state index contributed by atoms with van der Waals surface area (Å²) in [7, 11) is 0. The average molecular weight is 477 g/mol. The molecule has 2 aromatic carbocycles. The fraction of sp³-hybridized carbons (Fsp3) is 0.370. The van der Waals surface area contributed by atoms with E-state index in [0.29, 0.717) is 50.0 Å². The van der Waals surface area contributed by atoms with Gasteiger partial charge in [-0.2, -0.15) is 0 Å². The molecule has 1 aromatic heterocycles. The van der Waals surface area contributed by atoms with Gasteiger partial charge in [0.2, 0.25) is 0 Å². The number of rotatable bonds is 9. The van der Waals surface area contributed by atoms with Crippen molar-refractivity contribution in [2.24, 2.45) is 5.73 Å². The van der Waals surface area contributed by atoms with Crippen molar-refractivity contribution in [3.05, 3.63) is 92.9 Å². The summed E-state index contributed by atoms with van der Waals surface area (Å²) in [4.78, 5) is 34.2. The van der Waals surface area contributed by atoms with E-state index >= 15 is 0 Å². The van der Waals surface area contributed by atoms with Gasteiger partial charge in [0.05, 0.1) is 11.7 Å². The molecule has 0 bridgehead atoms. The lowest BCUT2D eigenvalue weighted by molar-refractivity contribution is 0.0663. The van der Waals surface area contributed by atoms with Crippen LogP contribution in [0, 0.1) is 6.92 Å². The van der Waals surface area contributed by atoms with Gasteiger partial charge in [0.1, 0.15) is 0 Å². The van der Waals surface area contributed by atoms with Gasteiger partial charge in [-0.05, 0) is 44.0 Å². The van der Waals surface area contributed by atoms with Crippen LogP contribution < -0.4 is 11.3 Å². The van der Waals surface area contributed by atoms with Gasteiger partial charge >= 0.3 is 0 Å². The molecule has 2 heterocycles. The standard InChI is InChI=1S/C27H32N4O2S/c1-3-23(30(15-7-14-28)25(32)21-12-10-19(2)11-13-21)24-22(18-20-8-5-4-6-9-20)26(33)31-16-17-34-27(31)29-24/h4-6,8-13,23H,3,7,14-18,28H2,1-2H3. The highest BCUT2D eigenvalue weighted by Crippen LogP contribution is 2.31. The number of nitrogens with two attached hydrogens (primary N) is 1. The fourth-order valence-corrected chi connectivity index (χ4v) is 5.40. The summed E-state index contributed by atoms with van der Waals surface area (Å²) in [6.07, 6.45) is 1.83. The Morgan fingerprint density at radius 2 is 1.91 bits per heavy atom. The van der Waals surface area contributed by atoms with Crippen LogP contribution in [-0.2, 0) is 13.0 Å². The van der Waals surface area contributed by atoms with Crippen LogP contribution in [0.15, 0.2) is 64.5 Å². The number of fused-ring (bicyclic) bond motifs is 1. The quantitative estimate of drug-likeness (QED) is 0.469. The molecule has 3 aromatic rings. The molecule has 6 nitrogen and oxygen atoms in total. The second kappa shape index (κ2) is 11.0. The number of aryl methyl sites for hydroxylation is 1. The molecule has 0 spiro atoms. The van der Waals surface area contributed by atoms with Crippen LogP contribution >= 0.6 is 11.8 Å². The van der Waals surface area contributed by atoms with Gasteiger partial charge < -0.3 is 10.6 Å². The van der Waals surface area contributed by atoms with Crippen molar-refractivity contribution < 1.29 is 4.79 Å². The largest absolute Gasteiger partial charge is 0.330 e. The average Bonchev–Trinajstić information content (AvgIpc) is 3.33. The summed E-state index contributed by atoms with van der Waals surface area (Å²) in [6, 6.07) is 17.3. The molecule has 2 N–H and O–H groups in total. The molecule has 0 fully saturated rings. The van der Waals surface area contributed by atoms with Crippen molar-refractivity contribution in [2.45, 2.75) is 50.9 Å². The van der Waals surface area contributed by atoms with Crippen LogP contribution in [0.25, 0.3) is 0 Å². The zero-order chi connectivity index (χ0) is 24.1. The van der Waals surface area contributed by atoms with Gasteiger partial charge in [-0.25, -0.2) is 4.98 Å². The molecular formula is C27H32N4O2S. The van der Waals surface area contributed by atoms with Gasteiger partial charge in [-0.1, -0.05) is 66.7 Å². The molecule has 1 aliphatic rings. The maximum absolute atomic E-state index is 13.7. The number of aromatic nitrogens is 2. The Kier molecular flexibility index (Phi) is 7.85. The zero-order valence-corrected chi connectivity index (χ0v) is 20.7. The second-order valence-electron chi connectivity index (χ2n) is 8.66. The smallest absolute Gasteiger partial charge is 0.258 e. The Bertz CT molecular complexity index is 1190. The van der Waals surface area contributed by atoms with Crippen molar-refractivity contribution in [3.63, 3.8) is 0 Å². The molecule has 4 rings (SSSR count). The summed E-state index contributed by atoms with van der Waals surface area (Å²) in [5, 5.41) is 0.747. The molecule has 34 heavy (non-hydrogen) atoms. The van der Waals surface area contributed by atoms with E-state index in [1.165, 1.54) is 0 Å². The number of hydrogen-bond donors (Lipinski definition) is 1. The first-order valence-electron chi connectivity index (χ1n) is 11.9. The summed E-state index contributed by atoms with van der Waals surface area (Å²) in [5.41, 5.74) is 10.0. The normalized spacial score (nSPS) is 13.5. The van der Waals surface area contributed by atoms with Crippen molar-refractivity contribution in [1.29, 1.82) is 0 Å². The highest BCUT2D eigenvalue weighted by atomic mass is 32.2.